The van der Waals surface area contributed by atoms with Gasteiger partial charge in [-0.1, -0.05) is 29.8 Å². The molecule has 2 aromatic rings. The maximum Gasteiger partial charge on any atom is 0.356 e. The molecule has 6 nitrogen and oxygen atoms in total. The van der Waals surface area contributed by atoms with Crippen molar-refractivity contribution in [2.45, 2.75) is 5.75 Å². The molecule has 0 unspecified atom stereocenters. The summed E-state index contributed by atoms with van der Waals surface area (Å²) in [6.45, 7) is 0. The Bertz CT molecular complexity index is 932. The van der Waals surface area contributed by atoms with Crippen LogP contribution in [0.5, 0.6) is 5.75 Å². The van der Waals surface area contributed by atoms with Crippen LogP contribution < -0.4 is 10.0 Å². The Labute approximate surface area is 150 Å². The molecule has 0 aliphatic heterocycles. The van der Waals surface area contributed by atoms with Crippen LogP contribution in [-0.2, 0) is 20.2 Å². The lowest BCUT2D eigenvalue weighted by atomic mass is 10.2. The summed E-state index contributed by atoms with van der Waals surface area (Å²) in [5.41, 5.74) is 0.950. The molecule has 134 valence electrons. The Balaban J connectivity index is 2.15. The van der Waals surface area contributed by atoms with E-state index >= 15 is 0 Å². The molecule has 9 heteroatoms. The predicted octanol–water partition coefficient (Wildman–Crippen LogP) is 2.74. The molecule has 0 fully saturated rings. The highest BCUT2D eigenvalue weighted by atomic mass is 35.5. The van der Waals surface area contributed by atoms with Crippen LogP contribution in [0.2, 0.25) is 5.02 Å². The number of halogens is 1. The molecule has 0 radical (unpaired) electrons. The van der Waals surface area contributed by atoms with Crippen molar-refractivity contribution in [2.24, 2.45) is 0 Å². The molecule has 2 N–H and O–H groups in total. The maximum absolute atomic E-state index is 12.2. The second kappa shape index (κ2) is 7.72. The molecule has 0 atom stereocenters. The van der Waals surface area contributed by atoms with Crippen molar-refractivity contribution in [3.8, 4) is 5.75 Å². The van der Waals surface area contributed by atoms with E-state index in [0.29, 0.717) is 21.9 Å². The van der Waals surface area contributed by atoms with Crippen molar-refractivity contribution >= 4 is 40.4 Å². The molecule has 2 aromatic carbocycles. The predicted molar refractivity (Wildman–Crippen MR) is 97.8 cm³/mol. The lowest BCUT2D eigenvalue weighted by Crippen LogP contribution is -2.03. The maximum atomic E-state index is 12.2. The quantitative estimate of drug-likeness (QED) is 0.720. The van der Waals surface area contributed by atoms with Crippen LogP contribution in [0.25, 0.3) is 6.08 Å². The van der Waals surface area contributed by atoms with E-state index in [0.717, 1.165) is 5.41 Å². The SMILES string of the molecule is COc1ccc(CS(=O)(=O)C=Cc2ccc(P(=O)(O)O)cc2)c(Cl)c1. The average Bonchev–Trinajstić information content (AvgIpc) is 2.54. The van der Waals surface area contributed by atoms with E-state index < -0.39 is 17.4 Å². The van der Waals surface area contributed by atoms with Gasteiger partial charge >= 0.3 is 7.60 Å². The molecule has 0 aliphatic rings. The van der Waals surface area contributed by atoms with Gasteiger partial charge in [-0.15, -0.1) is 0 Å². The summed E-state index contributed by atoms with van der Waals surface area (Å²) < 4.78 is 40.5. The molecule has 0 amide bonds. The van der Waals surface area contributed by atoms with E-state index in [1.165, 1.54) is 43.5 Å². The number of rotatable bonds is 6. The normalized spacial score (nSPS) is 12.5. The molecule has 0 aromatic heterocycles. The number of hydrogen-bond acceptors (Lipinski definition) is 4. The fourth-order valence-electron chi connectivity index (χ4n) is 2.00. The molecule has 0 aliphatic carbocycles. The first-order valence-electron chi connectivity index (χ1n) is 7.00. The Kier molecular flexibility index (Phi) is 6.08. The minimum absolute atomic E-state index is 0.127. The topological polar surface area (TPSA) is 101 Å². The summed E-state index contributed by atoms with van der Waals surface area (Å²) in [6, 6.07) is 10.1. The van der Waals surface area contributed by atoms with Gasteiger partial charge < -0.3 is 14.5 Å². The van der Waals surface area contributed by atoms with Gasteiger partial charge in [0.2, 0.25) is 0 Å². The first kappa shape index (κ1) is 19.7. The average molecular weight is 403 g/mol. The van der Waals surface area contributed by atoms with Crippen LogP contribution in [0, 0.1) is 0 Å². The first-order valence-corrected chi connectivity index (χ1v) is 10.7. The Hall–Kier alpha value is -1.63. The zero-order valence-electron chi connectivity index (χ0n) is 13.2. The van der Waals surface area contributed by atoms with Crippen LogP contribution >= 0.6 is 19.2 Å². The lowest BCUT2D eigenvalue weighted by Gasteiger charge is -2.06. The molecule has 0 saturated heterocycles. The first-order chi connectivity index (χ1) is 11.6. The van der Waals surface area contributed by atoms with Crippen molar-refractivity contribution in [3.63, 3.8) is 0 Å². The summed E-state index contributed by atoms with van der Waals surface area (Å²) in [7, 11) is -6.40. The van der Waals surface area contributed by atoms with Crippen LogP contribution in [-0.4, -0.2) is 25.3 Å². The van der Waals surface area contributed by atoms with E-state index in [1.54, 1.807) is 12.1 Å². The third-order valence-electron chi connectivity index (χ3n) is 3.31. The van der Waals surface area contributed by atoms with Crippen LogP contribution in [0.1, 0.15) is 11.1 Å². The number of methoxy groups -OCH3 is 1. The van der Waals surface area contributed by atoms with E-state index in [1.807, 2.05) is 0 Å². The number of ether oxygens (including phenoxy) is 1. The largest absolute Gasteiger partial charge is 0.497 e. The molecule has 0 bridgehead atoms. The number of benzene rings is 2. The second-order valence-electron chi connectivity index (χ2n) is 5.20. The van der Waals surface area contributed by atoms with Gasteiger partial charge in [-0.2, -0.15) is 0 Å². The minimum Gasteiger partial charge on any atom is -0.497 e. The molecule has 0 spiro atoms. The van der Waals surface area contributed by atoms with Crippen molar-refractivity contribution in [1.29, 1.82) is 0 Å². The highest BCUT2D eigenvalue weighted by Gasteiger charge is 2.16. The smallest absolute Gasteiger partial charge is 0.356 e. The monoisotopic (exact) mass is 402 g/mol. The summed E-state index contributed by atoms with van der Waals surface area (Å²) >= 11 is 6.05. The Morgan fingerprint density at radius 3 is 2.32 bits per heavy atom. The van der Waals surface area contributed by atoms with Gasteiger partial charge in [0.05, 0.1) is 18.2 Å². The van der Waals surface area contributed by atoms with Crippen molar-refractivity contribution in [1.82, 2.24) is 0 Å². The third kappa shape index (κ3) is 5.70. The van der Waals surface area contributed by atoms with Gasteiger partial charge in [0.25, 0.3) is 0 Å². The number of hydrogen-bond donors (Lipinski definition) is 2. The lowest BCUT2D eigenvalue weighted by molar-refractivity contribution is 0.387. The van der Waals surface area contributed by atoms with Crippen LogP contribution in [0.3, 0.4) is 0 Å². The van der Waals surface area contributed by atoms with Crippen LogP contribution in [0.15, 0.2) is 47.9 Å². The summed E-state index contributed by atoms with van der Waals surface area (Å²) in [5, 5.41) is 1.21. The van der Waals surface area contributed by atoms with Gasteiger partial charge in [0, 0.05) is 10.4 Å². The zero-order valence-corrected chi connectivity index (χ0v) is 15.6. The summed E-state index contributed by atoms with van der Waals surface area (Å²) in [4.78, 5) is 18.1. The summed E-state index contributed by atoms with van der Waals surface area (Å²) in [6.07, 6.45) is 1.36. The van der Waals surface area contributed by atoms with Gasteiger partial charge in [-0.3, -0.25) is 4.57 Å². The van der Waals surface area contributed by atoms with E-state index in [9.17, 15) is 13.0 Å². The molecule has 25 heavy (non-hydrogen) atoms. The summed E-state index contributed by atoms with van der Waals surface area (Å²) in [5.74, 6) is 0.263. The molecular weight excluding hydrogens is 387 g/mol. The second-order valence-corrected chi connectivity index (χ2v) is 9.10. The Morgan fingerprint density at radius 2 is 1.80 bits per heavy atom. The van der Waals surface area contributed by atoms with Crippen molar-refractivity contribution in [3.05, 3.63) is 64.0 Å². The number of sulfone groups is 1. The van der Waals surface area contributed by atoms with Gasteiger partial charge in [-0.05, 0) is 41.5 Å². The van der Waals surface area contributed by atoms with Gasteiger partial charge in [-0.25, -0.2) is 8.42 Å². The fourth-order valence-corrected chi connectivity index (χ4v) is 4.00. The van der Waals surface area contributed by atoms with Crippen molar-refractivity contribution < 1.29 is 27.5 Å². The molecular formula is C16H16ClO6PS. The molecule has 0 saturated carbocycles. The van der Waals surface area contributed by atoms with Gasteiger partial charge in [0.1, 0.15) is 5.75 Å². The van der Waals surface area contributed by atoms with Gasteiger partial charge in [0.15, 0.2) is 9.84 Å². The molecule has 2 rings (SSSR count). The highest BCUT2D eigenvalue weighted by Crippen LogP contribution is 2.32. The third-order valence-corrected chi connectivity index (χ3v) is 5.90. The van der Waals surface area contributed by atoms with Crippen LogP contribution in [0.4, 0.5) is 0 Å². The van der Waals surface area contributed by atoms with Crippen molar-refractivity contribution in [2.75, 3.05) is 7.11 Å². The van der Waals surface area contributed by atoms with E-state index in [2.05, 4.69) is 0 Å². The highest BCUT2D eigenvalue weighted by molar-refractivity contribution is 7.93. The molecule has 0 heterocycles. The fraction of sp³-hybridized carbons (Fsp3) is 0.125. The zero-order chi connectivity index (χ0) is 18.7. The van der Waals surface area contributed by atoms with E-state index in [-0.39, 0.29) is 11.1 Å². The Morgan fingerprint density at radius 1 is 1.16 bits per heavy atom. The minimum atomic E-state index is -4.31. The standard InChI is InChI=1S/C16H16ClO6PS/c1-23-14-5-4-13(16(17)10-14)11-25(21,22)9-8-12-2-6-15(7-3-12)24(18,19)20/h2-10H,11H2,1H3,(H2,18,19,20). The van der Waals surface area contributed by atoms with E-state index in [4.69, 9.17) is 26.1 Å².